The van der Waals surface area contributed by atoms with Gasteiger partial charge in [0.2, 0.25) is 0 Å². The summed E-state index contributed by atoms with van der Waals surface area (Å²) in [5.74, 6) is 2.50. The van der Waals surface area contributed by atoms with Crippen molar-refractivity contribution in [3.63, 3.8) is 0 Å². The molecule has 1 saturated heterocycles. The van der Waals surface area contributed by atoms with Crippen molar-refractivity contribution < 1.29 is 9.53 Å². The van der Waals surface area contributed by atoms with Crippen LogP contribution in [0, 0.1) is 0 Å². The Morgan fingerprint density at radius 2 is 2.05 bits per heavy atom. The zero-order valence-corrected chi connectivity index (χ0v) is 14.5. The fourth-order valence-corrected chi connectivity index (χ4v) is 3.40. The van der Waals surface area contributed by atoms with E-state index in [4.69, 9.17) is 4.74 Å². The molecule has 1 fully saturated rings. The molecule has 0 saturated carbocycles. The molecule has 2 rings (SSSR count). The first-order valence-corrected chi connectivity index (χ1v) is 8.98. The van der Waals surface area contributed by atoms with Crippen molar-refractivity contribution in [3.8, 4) is 0 Å². The first kappa shape index (κ1) is 17.2. The Kier molecular flexibility index (Phi) is 6.15. The Morgan fingerprint density at radius 1 is 1.32 bits per heavy atom. The van der Waals surface area contributed by atoms with Gasteiger partial charge in [-0.25, -0.2) is 4.79 Å². The molecule has 22 heavy (non-hydrogen) atoms. The number of thioether (sulfide) groups is 1. The predicted octanol–water partition coefficient (Wildman–Crippen LogP) is 4.02. The van der Waals surface area contributed by atoms with Gasteiger partial charge in [0.1, 0.15) is 5.60 Å². The molecule has 0 bridgehead atoms. The Balaban J connectivity index is 1.78. The number of hydrogen-bond acceptors (Lipinski definition) is 4. The van der Waals surface area contributed by atoms with E-state index in [0.717, 1.165) is 12.2 Å². The second-order valence-electron chi connectivity index (χ2n) is 6.62. The number of anilines is 1. The van der Waals surface area contributed by atoms with Crippen molar-refractivity contribution >= 4 is 23.5 Å². The van der Waals surface area contributed by atoms with Gasteiger partial charge in [0.05, 0.1) is 0 Å². The van der Waals surface area contributed by atoms with Gasteiger partial charge >= 0.3 is 6.09 Å². The van der Waals surface area contributed by atoms with Crippen molar-refractivity contribution in [1.29, 1.82) is 0 Å². The van der Waals surface area contributed by atoms with Crippen LogP contribution in [0.15, 0.2) is 24.3 Å². The van der Waals surface area contributed by atoms with Crippen molar-refractivity contribution in [2.45, 2.75) is 51.8 Å². The van der Waals surface area contributed by atoms with Crippen LogP contribution >= 0.6 is 11.8 Å². The van der Waals surface area contributed by atoms with Crippen LogP contribution in [0.4, 0.5) is 10.5 Å². The third kappa shape index (κ3) is 6.28. The van der Waals surface area contributed by atoms with Gasteiger partial charge in [0.15, 0.2) is 0 Å². The summed E-state index contributed by atoms with van der Waals surface area (Å²) in [4.78, 5) is 11.7. The van der Waals surface area contributed by atoms with Crippen LogP contribution in [-0.4, -0.2) is 29.2 Å². The molecule has 2 N–H and O–H groups in total. The summed E-state index contributed by atoms with van der Waals surface area (Å²) < 4.78 is 5.23. The second kappa shape index (κ2) is 7.88. The number of carbonyl (C=O) groups excluding carboxylic acids is 1. The highest BCUT2D eigenvalue weighted by atomic mass is 32.2. The molecule has 1 amide bonds. The maximum Gasteiger partial charge on any atom is 0.412 e. The fourth-order valence-electron chi connectivity index (χ4n) is 2.29. The third-order valence-corrected chi connectivity index (χ3v) is 4.57. The molecule has 4 nitrogen and oxygen atoms in total. The van der Waals surface area contributed by atoms with Crippen LogP contribution in [0.3, 0.4) is 0 Å². The van der Waals surface area contributed by atoms with Gasteiger partial charge in [-0.05, 0) is 57.1 Å². The van der Waals surface area contributed by atoms with E-state index in [1.807, 2.05) is 56.8 Å². The van der Waals surface area contributed by atoms with Crippen molar-refractivity contribution in [1.82, 2.24) is 5.32 Å². The minimum Gasteiger partial charge on any atom is -0.444 e. The van der Waals surface area contributed by atoms with Gasteiger partial charge < -0.3 is 10.1 Å². The lowest BCUT2D eigenvalue weighted by Crippen LogP contribution is -2.33. The van der Waals surface area contributed by atoms with Crippen molar-refractivity contribution in [3.05, 3.63) is 29.8 Å². The summed E-state index contributed by atoms with van der Waals surface area (Å²) in [6, 6.07) is 8.52. The highest BCUT2D eigenvalue weighted by Crippen LogP contribution is 2.18. The quantitative estimate of drug-likeness (QED) is 0.879. The van der Waals surface area contributed by atoms with Crippen LogP contribution in [0.2, 0.25) is 0 Å². The summed E-state index contributed by atoms with van der Waals surface area (Å²) in [6.45, 7) is 6.43. The summed E-state index contributed by atoms with van der Waals surface area (Å²) in [5.41, 5.74) is 1.50. The monoisotopic (exact) mass is 322 g/mol. The van der Waals surface area contributed by atoms with E-state index in [-0.39, 0.29) is 0 Å². The Morgan fingerprint density at radius 3 is 2.64 bits per heavy atom. The van der Waals surface area contributed by atoms with Crippen LogP contribution in [0.1, 0.15) is 39.2 Å². The van der Waals surface area contributed by atoms with E-state index in [1.54, 1.807) is 0 Å². The van der Waals surface area contributed by atoms with Crippen molar-refractivity contribution in [2.75, 3.05) is 16.8 Å². The second-order valence-corrected chi connectivity index (χ2v) is 7.77. The third-order valence-electron chi connectivity index (χ3n) is 3.35. The number of amides is 1. The molecular formula is C17H26N2O2S. The Bertz CT molecular complexity index is 476. The lowest BCUT2D eigenvalue weighted by molar-refractivity contribution is 0.0636. The van der Waals surface area contributed by atoms with Crippen LogP contribution in [0.25, 0.3) is 0 Å². The van der Waals surface area contributed by atoms with Crippen molar-refractivity contribution in [2.24, 2.45) is 0 Å². The minimum atomic E-state index is -0.480. The number of carbonyl (C=O) groups is 1. The molecule has 1 aromatic carbocycles. The summed E-state index contributed by atoms with van der Waals surface area (Å²) in [6.07, 6.45) is 2.16. The van der Waals surface area contributed by atoms with E-state index >= 15 is 0 Å². The van der Waals surface area contributed by atoms with Gasteiger partial charge in [0, 0.05) is 24.0 Å². The Hall–Kier alpha value is -1.20. The molecule has 1 aliphatic rings. The first-order valence-electron chi connectivity index (χ1n) is 7.82. The molecule has 5 heteroatoms. The average molecular weight is 322 g/mol. The number of benzene rings is 1. The highest BCUT2D eigenvalue weighted by molar-refractivity contribution is 7.99. The Labute approximate surface area is 137 Å². The average Bonchev–Trinajstić information content (AvgIpc) is 2.45. The number of rotatable bonds is 4. The molecule has 0 spiro atoms. The molecule has 1 unspecified atom stereocenters. The molecular weight excluding hydrogens is 296 g/mol. The van der Waals surface area contributed by atoms with Gasteiger partial charge in [-0.2, -0.15) is 11.8 Å². The fraction of sp³-hybridized carbons (Fsp3) is 0.588. The topological polar surface area (TPSA) is 50.4 Å². The van der Waals surface area contributed by atoms with Crippen LogP contribution in [-0.2, 0) is 11.3 Å². The van der Waals surface area contributed by atoms with Gasteiger partial charge in [-0.3, -0.25) is 5.32 Å². The lowest BCUT2D eigenvalue weighted by atomic mass is 10.1. The van der Waals surface area contributed by atoms with Gasteiger partial charge in [-0.15, -0.1) is 0 Å². The van der Waals surface area contributed by atoms with E-state index in [9.17, 15) is 4.79 Å². The standard InChI is InChI=1S/C17H26N2O2S/c1-17(2,3)21-16(20)19-14-8-6-13(7-9-14)11-18-15-5-4-10-22-12-15/h6-9,15,18H,4-5,10-12H2,1-3H3,(H,19,20). The normalized spacial score (nSPS) is 18.8. The largest absolute Gasteiger partial charge is 0.444 e. The van der Waals surface area contributed by atoms with E-state index in [2.05, 4.69) is 10.6 Å². The highest BCUT2D eigenvalue weighted by Gasteiger charge is 2.16. The first-order chi connectivity index (χ1) is 10.4. The number of hydrogen-bond donors (Lipinski definition) is 2. The molecule has 1 aromatic rings. The predicted molar refractivity (Wildman–Crippen MR) is 93.5 cm³/mol. The van der Waals surface area contributed by atoms with Crippen LogP contribution in [0.5, 0.6) is 0 Å². The zero-order chi connectivity index (χ0) is 16.0. The molecule has 122 valence electrons. The van der Waals surface area contributed by atoms with Gasteiger partial charge in [0.25, 0.3) is 0 Å². The molecule has 1 atom stereocenters. The SMILES string of the molecule is CC(C)(C)OC(=O)Nc1ccc(CNC2CCCSC2)cc1. The smallest absolute Gasteiger partial charge is 0.412 e. The minimum absolute atomic E-state index is 0.419. The van der Waals surface area contributed by atoms with Gasteiger partial charge in [-0.1, -0.05) is 12.1 Å². The number of nitrogens with one attached hydrogen (secondary N) is 2. The molecule has 1 heterocycles. The molecule has 1 aliphatic heterocycles. The maximum absolute atomic E-state index is 11.7. The lowest BCUT2D eigenvalue weighted by Gasteiger charge is -2.22. The maximum atomic E-state index is 11.7. The van der Waals surface area contributed by atoms with E-state index in [0.29, 0.717) is 6.04 Å². The summed E-state index contributed by atoms with van der Waals surface area (Å²) >= 11 is 2.03. The summed E-state index contributed by atoms with van der Waals surface area (Å²) in [7, 11) is 0. The molecule has 0 aromatic heterocycles. The van der Waals surface area contributed by atoms with Crippen LogP contribution < -0.4 is 10.6 Å². The summed E-state index contributed by atoms with van der Waals surface area (Å²) in [5, 5.41) is 6.34. The molecule has 0 radical (unpaired) electrons. The molecule has 0 aliphatic carbocycles. The van der Waals surface area contributed by atoms with E-state index < -0.39 is 11.7 Å². The zero-order valence-electron chi connectivity index (χ0n) is 13.6. The van der Waals surface area contributed by atoms with E-state index in [1.165, 1.54) is 29.9 Å². The number of ether oxygens (including phenoxy) is 1.